The van der Waals surface area contributed by atoms with Crippen LogP contribution in [0.15, 0.2) is 17.1 Å². The number of guanidine groups is 1. The van der Waals surface area contributed by atoms with E-state index in [0.29, 0.717) is 5.96 Å². The van der Waals surface area contributed by atoms with E-state index in [1.807, 2.05) is 6.92 Å². The molecule has 1 rings (SSSR count). The smallest absolute Gasteiger partial charge is 0.218 e. The van der Waals surface area contributed by atoms with Crippen LogP contribution in [0.25, 0.3) is 0 Å². The summed E-state index contributed by atoms with van der Waals surface area (Å²) in [7, 11) is 1.75. The van der Waals surface area contributed by atoms with Crippen LogP contribution in [0.1, 0.15) is 26.7 Å². The van der Waals surface area contributed by atoms with Crippen molar-refractivity contribution in [1.29, 1.82) is 0 Å². The molecule has 4 heteroatoms. The second kappa shape index (κ2) is 3.38. The summed E-state index contributed by atoms with van der Waals surface area (Å²) in [6.45, 7) is 7.87. The highest BCUT2D eigenvalue weighted by Crippen LogP contribution is 2.32. The number of rotatable bonds is 3. The number of hydrogen-bond acceptors (Lipinski definition) is 4. The monoisotopic (exact) mass is 183 g/mol. The summed E-state index contributed by atoms with van der Waals surface area (Å²) in [5.41, 5.74) is 5.90. The van der Waals surface area contributed by atoms with Crippen molar-refractivity contribution in [2.75, 3.05) is 7.05 Å². The van der Waals surface area contributed by atoms with Crippen LogP contribution in [0.5, 0.6) is 0 Å². The van der Waals surface area contributed by atoms with Gasteiger partial charge in [0.1, 0.15) is 0 Å². The largest absolute Gasteiger partial charge is 0.368 e. The highest BCUT2D eigenvalue weighted by molar-refractivity contribution is 5.78. The summed E-state index contributed by atoms with van der Waals surface area (Å²) >= 11 is 0. The Balaban J connectivity index is 2.89. The Morgan fingerprint density at radius 3 is 2.69 bits per heavy atom. The third kappa shape index (κ3) is 1.67. The van der Waals surface area contributed by atoms with Gasteiger partial charge in [-0.3, -0.25) is 0 Å². The van der Waals surface area contributed by atoms with E-state index in [-0.39, 0.29) is 0 Å². The lowest BCUT2D eigenvalue weighted by Gasteiger charge is -2.25. The Morgan fingerprint density at radius 1 is 1.77 bits per heavy atom. The Bertz CT molecular complexity index is 249. The number of hydroxylamine groups is 2. The van der Waals surface area contributed by atoms with Crippen molar-refractivity contribution in [3.63, 3.8) is 0 Å². The van der Waals surface area contributed by atoms with E-state index in [4.69, 9.17) is 10.6 Å². The molecule has 0 aromatic carbocycles. The summed E-state index contributed by atoms with van der Waals surface area (Å²) in [5.74, 6) is 0.413. The van der Waals surface area contributed by atoms with E-state index in [9.17, 15) is 0 Å². The third-order valence-corrected chi connectivity index (χ3v) is 2.16. The summed E-state index contributed by atoms with van der Waals surface area (Å²) < 4.78 is 0. The Kier molecular flexibility index (Phi) is 2.61. The first-order valence-corrected chi connectivity index (χ1v) is 4.46. The van der Waals surface area contributed by atoms with E-state index in [1.165, 1.54) is 5.06 Å². The van der Waals surface area contributed by atoms with Crippen LogP contribution in [-0.2, 0) is 4.84 Å². The molecule has 0 fully saturated rings. The first-order valence-electron chi connectivity index (χ1n) is 4.46. The molecular weight excluding hydrogens is 166 g/mol. The fraction of sp³-hybridized carbons (Fsp3) is 0.667. The molecule has 0 aromatic heterocycles. The predicted octanol–water partition coefficient (Wildman–Crippen LogP) is 1.25. The maximum absolute atomic E-state index is 5.63. The highest BCUT2D eigenvalue weighted by Gasteiger charge is 2.38. The van der Waals surface area contributed by atoms with Gasteiger partial charge >= 0.3 is 0 Å². The minimum absolute atomic E-state index is 0.413. The normalized spacial score (nSPS) is 27.6. The van der Waals surface area contributed by atoms with E-state index in [0.717, 1.165) is 18.4 Å². The van der Waals surface area contributed by atoms with E-state index in [2.05, 4.69) is 18.5 Å². The maximum Gasteiger partial charge on any atom is 0.218 e. The SMILES string of the molecule is C=C(C)C1(CCC)N=C(N)N(C)O1. The van der Waals surface area contributed by atoms with Gasteiger partial charge < -0.3 is 5.73 Å². The molecule has 13 heavy (non-hydrogen) atoms. The number of aliphatic imine (C=N–C) groups is 1. The zero-order valence-corrected chi connectivity index (χ0v) is 8.50. The van der Waals surface area contributed by atoms with Crippen LogP contribution in [0.2, 0.25) is 0 Å². The molecule has 74 valence electrons. The summed E-state index contributed by atoms with van der Waals surface area (Å²) in [5, 5.41) is 1.49. The second-order valence-corrected chi connectivity index (χ2v) is 3.37. The lowest BCUT2D eigenvalue weighted by Crippen LogP contribution is -2.33. The standard InChI is InChI=1S/C9H17N3O/c1-5-6-9(7(2)3)11-8(10)12(4)13-9/h2,5-6H2,1,3-4H3,(H2,10,11). The van der Waals surface area contributed by atoms with Gasteiger partial charge in [0.25, 0.3) is 0 Å². The Labute approximate surface area is 79.0 Å². The van der Waals surface area contributed by atoms with Gasteiger partial charge in [0.05, 0.1) is 0 Å². The molecule has 1 heterocycles. The summed E-state index contributed by atoms with van der Waals surface area (Å²) in [6.07, 6.45) is 1.80. The van der Waals surface area contributed by atoms with E-state index >= 15 is 0 Å². The fourth-order valence-corrected chi connectivity index (χ4v) is 1.38. The van der Waals surface area contributed by atoms with E-state index < -0.39 is 5.72 Å². The molecule has 1 aliphatic heterocycles. The minimum atomic E-state index is -0.617. The van der Waals surface area contributed by atoms with Crippen molar-refractivity contribution >= 4 is 5.96 Å². The molecular formula is C9H17N3O. The predicted molar refractivity (Wildman–Crippen MR) is 52.9 cm³/mol. The molecule has 1 aliphatic rings. The van der Waals surface area contributed by atoms with Crippen molar-refractivity contribution in [3.8, 4) is 0 Å². The van der Waals surface area contributed by atoms with Gasteiger partial charge in [-0.2, -0.15) is 0 Å². The topological polar surface area (TPSA) is 50.8 Å². The van der Waals surface area contributed by atoms with Crippen LogP contribution < -0.4 is 5.73 Å². The van der Waals surface area contributed by atoms with Crippen molar-refractivity contribution < 1.29 is 4.84 Å². The number of nitrogens with two attached hydrogens (primary N) is 1. The molecule has 1 atom stereocenters. The van der Waals surface area contributed by atoms with Crippen molar-refractivity contribution in [3.05, 3.63) is 12.2 Å². The molecule has 1 unspecified atom stereocenters. The first-order chi connectivity index (χ1) is 6.02. The lowest BCUT2D eigenvalue weighted by atomic mass is 10.0. The van der Waals surface area contributed by atoms with Gasteiger partial charge in [-0.1, -0.05) is 19.9 Å². The zero-order chi connectivity index (χ0) is 10.1. The average molecular weight is 183 g/mol. The van der Waals surface area contributed by atoms with E-state index in [1.54, 1.807) is 7.05 Å². The molecule has 2 N–H and O–H groups in total. The van der Waals surface area contributed by atoms with Crippen LogP contribution in [0.4, 0.5) is 0 Å². The highest BCUT2D eigenvalue weighted by atomic mass is 16.7. The van der Waals surface area contributed by atoms with Gasteiger partial charge in [-0.15, -0.1) is 0 Å². The molecule has 4 nitrogen and oxygen atoms in total. The van der Waals surface area contributed by atoms with Gasteiger partial charge in [0.2, 0.25) is 11.7 Å². The second-order valence-electron chi connectivity index (χ2n) is 3.37. The lowest BCUT2D eigenvalue weighted by molar-refractivity contribution is -0.151. The quantitative estimate of drug-likeness (QED) is 0.670. The summed E-state index contributed by atoms with van der Waals surface area (Å²) in [4.78, 5) is 9.86. The van der Waals surface area contributed by atoms with Gasteiger partial charge in [-0.25, -0.2) is 14.9 Å². The Hall–Kier alpha value is -1.03. The van der Waals surface area contributed by atoms with Crippen molar-refractivity contribution in [2.24, 2.45) is 10.7 Å². The fourth-order valence-electron chi connectivity index (χ4n) is 1.38. The molecule has 0 aromatic rings. The summed E-state index contributed by atoms with van der Waals surface area (Å²) in [6, 6.07) is 0. The molecule has 0 saturated carbocycles. The molecule has 0 aliphatic carbocycles. The van der Waals surface area contributed by atoms with Gasteiger partial charge in [-0.05, 0) is 12.5 Å². The van der Waals surface area contributed by atoms with Crippen molar-refractivity contribution in [1.82, 2.24) is 5.06 Å². The number of hydrogen-bond donors (Lipinski definition) is 1. The molecule has 0 bridgehead atoms. The number of nitrogens with zero attached hydrogens (tertiary/aromatic N) is 2. The van der Waals surface area contributed by atoms with Crippen molar-refractivity contribution in [2.45, 2.75) is 32.4 Å². The van der Waals surface area contributed by atoms with Gasteiger partial charge in [0, 0.05) is 13.5 Å². The van der Waals surface area contributed by atoms with Crippen LogP contribution in [-0.4, -0.2) is 23.8 Å². The minimum Gasteiger partial charge on any atom is -0.368 e. The maximum atomic E-state index is 5.63. The molecule has 0 radical (unpaired) electrons. The molecule has 0 saturated heterocycles. The van der Waals surface area contributed by atoms with Gasteiger partial charge in [0.15, 0.2) is 0 Å². The molecule has 0 spiro atoms. The Morgan fingerprint density at radius 2 is 2.38 bits per heavy atom. The first kappa shape index (κ1) is 10.1. The van der Waals surface area contributed by atoms with Crippen LogP contribution in [0, 0.1) is 0 Å². The third-order valence-electron chi connectivity index (χ3n) is 2.16. The molecule has 0 amide bonds. The van der Waals surface area contributed by atoms with Crippen LogP contribution in [0.3, 0.4) is 0 Å². The average Bonchev–Trinajstić information content (AvgIpc) is 2.29. The zero-order valence-electron chi connectivity index (χ0n) is 8.50. The van der Waals surface area contributed by atoms with Crippen LogP contribution >= 0.6 is 0 Å².